The molecule has 1 saturated heterocycles. The predicted octanol–water partition coefficient (Wildman–Crippen LogP) is 14.6. The van der Waals surface area contributed by atoms with Gasteiger partial charge in [0.1, 0.15) is 35.7 Å². The van der Waals surface area contributed by atoms with Gasteiger partial charge >= 0.3 is 11.9 Å². The van der Waals surface area contributed by atoms with Gasteiger partial charge in [-0.05, 0) is 159 Å². The van der Waals surface area contributed by atoms with E-state index < -0.39 is 0 Å². The zero-order valence-electron chi connectivity index (χ0n) is 48.9. The van der Waals surface area contributed by atoms with Gasteiger partial charge in [-0.2, -0.15) is 0 Å². The van der Waals surface area contributed by atoms with Crippen molar-refractivity contribution in [1.82, 2.24) is 19.9 Å². The molecule has 418 valence electrons. The van der Waals surface area contributed by atoms with Gasteiger partial charge in [-0.1, -0.05) is 111 Å². The Morgan fingerprint density at radius 2 is 1.00 bits per heavy atom. The fourth-order valence-corrected chi connectivity index (χ4v) is 11.1. The third-order valence-electron chi connectivity index (χ3n) is 15.0. The van der Waals surface area contributed by atoms with Crippen molar-refractivity contribution in [1.29, 1.82) is 0 Å². The Balaban J connectivity index is 0.000000253. The van der Waals surface area contributed by atoms with E-state index in [9.17, 15) is 24.9 Å². The first-order chi connectivity index (χ1) is 36.9. The van der Waals surface area contributed by atoms with E-state index in [1.54, 1.807) is 6.07 Å². The van der Waals surface area contributed by atoms with Crippen LogP contribution in [0, 0.1) is 55.4 Å². The number of unbranched alkanes of at least 4 members (excludes halogenated alkanes) is 5. The highest BCUT2D eigenvalue weighted by Crippen LogP contribution is 2.40. The third-order valence-corrected chi connectivity index (χ3v) is 15.0. The summed E-state index contributed by atoms with van der Waals surface area (Å²) in [6.07, 6.45) is 10.2. The molecule has 5 aromatic carbocycles. The number of benzene rings is 5. The van der Waals surface area contributed by atoms with Crippen LogP contribution in [0.25, 0.3) is 34.2 Å². The van der Waals surface area contributed by atoms with Crippen LogP contribution in [-0.4, -0.2) is 84.1 Å². The van der Waals surface area contributed by atoms with Crippen molar-refractivity contribution in [2.24, 2.45) is 0 Å². The Labute approximate surface area is 464 Å². The molecule has 6 aromatic rings. The lowest BCUT2D eigenvalue weighted by Crippen LogP contribution is -2.63. The number of aryl methyl sites for hydroxylation is 10. The third kappa shape index (κ3) is 16.6. The highest BCUT2D eigenvalue weighted by Gasteiger charge is 2.46. The highest BCUT2D eigenvalue weighted by atomic mass is 16.5. The number of ether oxygens (including phenoxy) is 3. The lowest BCUT2D eigenvalue weighted by Gasteiger charge is -2.54. The summed E-state index contributed by atoms with van der Waals surface area (Å²) in [6.45, 7) is 28.1. The molecule has 0 radical (unpaired) electrons. The second kappa shape index (κ2) is 27.2. The Bertz CT molecular complexity index is 2900. The van der Waals surface area contributed by atoms with Gasteiger partial charge in [0.2, 0.25) is 0 Å². The van der Waals surface area contributed by atoms with Crippen LogP contribution in [0.5, 0.6) is 23.0 Å². The summed E-state index contributed by atoms with van der Waals surface area (Å²) in [4.78, 5) is 42.0. The Hall–Kier alpha value is -6.79. The number of nitrogens with zero attached hydrogens (tertiary/aromatic N) is 4. The Morgan fingerprint density at radius 3 is 1.47 bits per heavy atom. The van der Waals surface area contributed by atoms with Crippen molar-refractivity contribution in [3.05, 3.63) is 134 Å². The molecular formula is C66H86N4O8. The number of likely N-dealkylation sites (tertiary alicyclic amines) is 1. The van der Waals surface area contributed by atoms with Crippen LogP contribution < -0.4 is 4.74 Å². The molecule has 0 atom stereocenters. The SMILES string of the molecule is CCCCCCCCOc1ccc(-c2nc(-c3ccc(C)cc3C)nc(-c3ccc(C)cc3C)n2)c(O)c1.Cc1cc(CCC(=O)OCCN2C(C)(C)CC(OC(=O)CCc3cc(C)c(O)c(C)c3)CC2(C)C)cc(C)c1O. The molecule has 12 heteroatoms. The van der Waals surface area contributed by atoms with Gasteiger partial charge in [0, 0.05) is 60.5 Å². The summed E-state index contributed by atoms with van der Waals surface area (Å²) in [7, 11) is 0. The molecule has 0 saturated carbocycles. The Kier molecular flexibility index (Phi) is 21.1. The number of esters is 2. The van der Waals surface area contributed by atoms with Gasteiger partial charge in [-0.15, -0.1) is 0 Å². The molecule has 0 spiro atoms. The predicted molar refractivity (Wildman–Crippen MR) is 312 cm³/mol. The number of aromatic hydroxyl groups is 3. The first-order valence-electron chi connectivity index (χ1n) is 28.0. The lowest BCUT2D eigenvalue weighted by molar-refractivity contribution is -0.163. The maximum atomic E-state index is 12.7. The number of phenolic OH excluding ortho intramolecular Hbond substituents is 3. The van der Waals surface area contributed by atoms with Gasteiger partial charge in [0.25, 0.3) is 0 Å². The average Bonchev–Trinajstić information content (AvgIpc) is 3.40. The van der Waals surface area contributed by atoms with Crippen LogP contribution in [0.2, 0.25) is 0 Å². The monoisotopic (exact) mass is 1060 g/mol. The maximum Gasteiger partial charge on any atom is 0.306 e. The quantitative estimate of drug-likeness (QED) is 0.0462. The highest BCUT2D eigenvalue weighted by molar-refractivity contribution is 5.73. The summed E-state index contributed by atoms with van der Waals surface area (Å²) >= 11 is 0. The second-order valence-corrected chi connectivity index (χ2v) is 22.9. The zero-order valence-corrected chi connectivity index (χ0v) is 48.9. The molecule has 0 bridgehead atoms. The molecule has 12 nitrogen and oxygen atoms in total. The van der Waals surface area contributed by atoms with Gasteiger partial charge < -0.3 is 29.5 Å². The molecule has 2 heterocycles. The maximum absolute atomic E-state index is 12.7. The first-order valence-corrected chi connectivity index (χ1v) is 28.0. The molecule has 1 fully saturated rings. The van der Waals surface area contributed by atoms with Crippen molar-refractivity contribution >= 4 is 11.9 Å². The molecule has 1 aliphatic heterocycles. The van der Waals surface area contributed by atoms with E-state index in [2.05, 4.69) is 104 Å². The average molecular weight is 1060 g/mol. The number of piperidine rings is 1. The summed E-state index contributed by atoms with van der Waals surface area (Å²) in [6, 6.07) is 25.5. The molecule has 0 unspecified atom stereocenters. The number of aromatic nitrogens is 3. The van der Waals surface area contributed by atoms with E-state index in [1.165, 1.54) is 36.8 Å². The van der Waals surface area contributed by atoms with E-state index in [1.807, 2.05) is 64.1 Å². The van der Waals surface area contributed by atoms with E-state index in [0.717, 1.165) is 68.5 Å². The van der Waals surface area contributed by atoms with Crippen LogP contribution in [0.1, 0.15) is 154 Å². The molecular weight excluding hydrogens is 977 g/mol. The normalized spacial score (nSPS) is 14.1. The molecule has 0 aliphatic carbocycles. The first kappa shape index (κ1) is 60.4. The molecule has 1 aromatic heterocycles. The molecule has 3 N–H and O–H groups in total. The van der Waals surface area contributed by atoms with Crippen LogP contribution in [-0.2, 0) is 31.9 Å². The van der Waals surface area contributed by atoms with E-state index in [0.29, 0.717) is 92.1 Å². The Morgan fingerprint density at radius 1 is 0.551 bits per heavy atom. The lowest BCUT2D eigenvalue weighted by atomic mass is 9.78. The van der Waals surface area contributed by atoms with Crippen LogP contribution >= 0.6 is 0 Å². The van der Waals surface area contributed by atoms with Crippen molar-refractivity contribution in [2.75, 3.05) is 19.8 Å². The smallest absolute Gasteiger partial charge is 0.306 e. The number of hydrogen-bond donors (Lipinski definition) is 3. The zero-order chi connectivity index (χ0) is 56.9. The summed E-state index contributed by atoms with van der Waals surface area (Å²) in [5, 5.41) is 30.9. The fourth-order valence-electron chi connectivity index (χ4n) is 11.1. The fraction of sp³-hybridized carbons (Fsp3) is 0.470. The minimum absolute atomic E-state index is 0.0924. The largest absolute Gasteiger partial charge is 0.507 e. The topological polar surface area (TPSA) is 164 Å². The molecule has 0 amide bonds. The van der Waals surface area contributed by atoms with Crippen molar-refractivity contribution in [3.8, 4) is 57.2 Å². The number of phenols is 3. The van der Waals surface area contributed by atoms with Gasteiger partial charge in [-0.3, -0.25) is 14.5 Å². The van der Waals surface area contributed by atoms with Crippen molar-refractivity contribution in [2.45, 2.75) is 184 Å². The molecule has 1 aliphatic rings. The standard InChI is InChI=1S/C33H39N3O2.C33H47NO6/c1-6-7-8-9-10-11-18-38-26-14-17-29(30(37)21-26)33-35-31(27-15-12-22(2)19-24(27)4)34-32(36-33)28-16-13-23(3)20-25(28)5;1-21-15-25(16-22(2)30(21)37)9-11-28(35)39-14-13-34-32(5,6)19-27(20-33(34,7)8)40-29(36)12-10-26-17-23(3)31(38)24(4)18-26/h12-17,19-21,37H,6-11,18H2,1-5H3;15-18,27,37-38H,9-14,19-20H2,1-8H3. The van der Waals surface area contributed by atoms with Crippen LogP contribution in [0.15, 0.2) is 78.9 Å². The van der Waals surface area contributed by atoms with E-state index >= 15 is 0 Å². The van der Waals surface area contributed by atoms with Crippen LogP contribution in [0.4, 0.5) is 0 Å². The van der Waals surface area contributed by atoms with E-state index in [4.69, 9.17) is 29.2 Å². The van der Waals surface area contributed by atoms with Crippen LogP contribution in [0.3, 0.4) is 0 Å². The summed E-state index contributed by atoms with van der Waals surface area (Å²) in [5.74, 6) is 2.52. The molecule has 7 rings (SSSR count). The van der Waals surface area contributed by atoms with Gasteiger partial charge in [0.15, 0.2) is 17.5 Å². The minimum atomic E-state index is -0.245. The summed E-state index contributed by atoms with van der Waals surface area (Å²) in [5.41, 5.74) is 11.8. The van der Waals surface area contributed by atoms with Gasteiger partial charge in [-0.25, -0.2) is 15.0 Å². The van der Waals surface area contributed by atoms with Crippen molar-refractivity contribution < 1.29 is 39.1 Å². The number of hydrogen-bond acceptors (Lipinski definition) is 12. The number of carbonyl (C=O) groups excluding carboxylic acids is 2. The summed E-state index contributed by atoms with van der Waals surface area (Å²) < 4.78 is 17.4. The second-order valence-electron chi connectivity index (χ2n) is 22.9. The number of rotatable bonds is 21. The molecule has 78 heavy (non-hydrogen) atoms. The minimum Gasteiger partial charge on any atom is -0.507 e. The van der Waals surface area contributed by atoms with Crippen molar-refractivity contribution in [3.63, 3.8) is 0 Å². The van der Waals surface area contributed by atoms with E-state index in [-0.39, 0.29) is 41.3 Å². The number of carbonyl (C=O) groups is 2. The van der Waals surface area contributed by atoms with Gasteiger partial charge in [0.05, 0.1) is 12.2 Å².